The number of benzene rings is 2. The smallest absolute Gasteiger partial charge is 0.0665 e. The van der Waals surface area contributed by atoms with Gasteiger partial charge < -0.3 is 11.5 Å². The fraction of sp³-hybridized carbons (Fsp3) is 0.235. The van der Waals surface area contributed by atoms with E-state index in [0.717, 1.165) is 18.5 Å². The van der Waals surface area contributed by atoms with Crippen molar-refractivity contribution in [2.24, 2.45) is 16.5 Å². The normalized spacial score (nSPS) is 11.3. The van der Waals surface area contributed by atoms with Crippen LogP contribution in [-0.2, 0) is 12.8 Å². The first-order valence-corrected chi connectivity index (χ1v) is 6.75. The summed E-state index contributed by atoms with van der Waals surface area (Å²) in [5.41, 5.74) is 14.1. The molecule has 0 aromatic heterocycles. The molecule has 0 fully saturated rings. The van der Waals surface area contributed by atoms with Crippen LogP contribution in [-0.4, -0.2) is 19.8 Å². The lowest BCUT2D eigenvalue weighted by Crippen LogP contribution is -2.02. The van der Waals surface area contributed by atoms with Gasteiger partial charge in [0.1, 0.15) is 0 Å². The number of hydrogen-bond acceptors (Lipinski definition) is 3. The first-order valence-electron chi connectivity index (χ1n) is 6.75. The van der Waals surface area contributed by atoms with Crippen LogP contribution in [0.4, 0.5) is 5.69 Å². The van der Waals surface area contributed by atoms with Crippen molar-refractivity contribution in [1.82, 2.24) is 0 Å². The van der Waals surface area contributed by atoms with Gasteiger partial charge in [0.05, 0.1) is 5.69 Å². The Morgan fingerprint density at radius 1 is 0.850 bits per heavy atom. The second-order valence-electron chi connectivity index (χ2n) is 4.15. The highest BCUT2D eigenvalue weighted by atomic mass is 14.8. The van der Waals surface area contributed by atoms with Crippen molar-refractivity contribution in [3.8, 4) is 0 Å². The molecule has 0 saturated carbocycles. The number of nitrogens with two attached hydrogens (primary N) is 2. The van der Waals surface area contributed by atoms with Gasteiger partial charge in [-0.3, -0.25) is 4.99 Å². The van der Waals surface area contributed by atoms with E-state index in [4.69, 9.17) is 0 Å². The monoisotopic (exact) mass is 269 g/mol. The van der Waals surface area contributed by atoms with Gasteiger partial charge in [0, 0.05) is 18.6 Å². The van der Waals surface area contributed by atoms with Crippen LogP contribution < -0.4 is 11.5 Å². The molecule has 3 nitrogen and oxygen atoms in total. The van der Waals surface area contributed by atoms with E-state index in [9.17, 15) is 0 Å². The topological polar surface area (TPSA) is 64.4 Å². The van der Waals surface area contributed by atoms with Crippen LogP contribution in [0.25, 0.3) is 0 Å². The molecule has 0 spiro atoms. The minimum Gasteiger partial charge on any atom is -0.333 e. The average molecular weight is 269 g/mol. The Bertz CT molecular complexity index is 533. The molecule has 20 heavy (non-hydrogen) atoms. The molecule has 1 aliphatic heterocycles. The van der Waals surface area contributed by atoms with E-state index in [1.165, 1.54) is 30.9 Å². The van der Waals surface area contributed by atoms with E-state index < -0.39 is 0 Å². The van der Waals surface area contributed by atoms with E-state index in [-0.39, 0.29) is 0 Å². The molecule has 2 aromatic rings. The number of hydrogen-bond donors (Lipinski definition) is 2. The summed E-state index contributed by atoms with van der Waals surface area (Å²) in [7, 11) is 3.00. The molecule has 3 rings (SSSR count). The van der Waals surface area contributed by atoms with Crippen LogP contribution >= 0.6 is 0 Å². The third-order valence-electron chi connectivity index (χ3n) is 2.92. The Hall–Kier alpha value is -1.97. The van der Waals surface area contributed by atoms with Crippen LogP contribution in [0.3, 0.4) is 0 Å². The zero-order chi connectivity index (χ0) is 14.8. The van der Waals surface area contributed by atoms with E-state index in [0.29, 0.717) is 0 Å². The Kier molecular flexibility index (Phi) is 7.25. The van der Waals surface area contributed by atoms with Crippen molar-refractivity contribution in [3.05, 3.63) is 65.7 Å². The third-order valence-corrected chi connectivity index (χ3v) is 2.92. The number of aliphatic imine (C=N–C) groups is 1. The van der Waals surface area contributed by atoms with Crippen molar-refractivity contribution in [3.63, 3.8) is 0 Å². The first kappa shape index (κ1) is 16.1. The van der Waals surface area contributed by atoms with Crippen molar-refractivity contribution >= 4 is 11.4 Å². The summed E-state index contributed by atoms with van der Waals surface area (Å²) in [5, 5.41) is 0. The highest BCUT2D eigenvalue weighted by Gasteiger charge is 2.13. The molecule has 0 bridgehead atoms. The van der Waals surface area contributed by atoms with Crippen LogP contribution in [0.5, 0.6) is 0 Å². The highest BCUT2D eigenvalue weighted by molar-refractivity contribution is 5.95. The molecular weight excluding hydrogens is 246 g/mol. The summed E-state index contributed by atoms with van der Waals surface area (Å²) in [4.78, 5) is 4.66. The fourth-order valence-electron chi connectivity index (χ4n) is 2.13. The molecule has 0 amide bonds. The van der Waals surface area contributed by atoms with Crippen molar-refractivity contribution in [2.75, 3.05) is 14.1 Å². The van der Waals surface area contributed by atoms with Crippen LogP contribution in [0.15, 0.2) is 59.6 Å². The summed E-state index contributed by atoms with van der Waals surface area (Å²) < 4.78 is 0. The van der Waals surface area contributed by atoms with Gasteiger partial charge >= 0.3 is 0 Å². The summed E-state index contributed by atoms with van der Waals surface area (Å²) in [6, 6.07) is 18.9. The SMILES string of the molecule is CN.CN.c1ccc(CC2=Nc3ccccc3C2)cc1. The molecule has 1 aliphatic rings. The maximum Gasteiger partial charge on any atom is 0.0665 e. The van der Waals surface area contributed by atoms with Crippen molar-refractivity contribution < 1.29 is 0 Å². The molecule has 2 aromatic carbocycles. The molecule has 0 radical (unpaired) electrons. The van der Waals surface area contributed by atoms with Crippen LogP contribution in [0.1, 0.15) is 11.1 Å². The Morgan fingerprint density at radius 3 is 2.10 bits per heavy atom. The van der Waals surface area contributed by atoms with Gasteiger partial charge in [-0.1, -0.05) is 48.5 Å². The van der Waals surface area contributed by atoms with Gasteiger partial charge in [-0.2, -0.15) is 0 Å². The number of rotatable bonds is 2. The number of nitrogens with zero attached hydrogens (tertiary/aromatic N) is 1. The molecular formula is C17H23N3. The lowest BCUT2D eigenvalue weighted by Gasteiger charge is -1.99. The maximum absolute atomic E-state index is 4.66. The van der Waals surface area contributed by atoms with Gasteiger partial charge in [0.2, 0.25) is 0 Å². The Balaban J connectivity index is 0.000000461. The summed E-state index contributed by atoms with van der Waals surface area (Å²) >= 11 is 0. The Morgan fingerprint density at radius 2 is 1.45 bits per heavy atom. The van der Waals surface area contributed by atoms with Gasteiger partial charge in [-0.25, -0.2) is 0 Å². The third kappa shape index (κ3) is 4.30. The largest absolute Gasteiger partial charge is 0.333 e. The van der Waals surface area contributed by atoms with Gasteiger partial charge in [0.25, 0.3) is 0 Å². The second kappa shape index (κ2) is 9.02. The van der Waals surface area contributed by atoms with E-state index in [1.54, 1.807) is 0 Å². The highest BCUT2D eigenvalue weighted by Crippen LogP contribution is 2.26. The number of fused-ring (bicyclic) bond motifs is 1. The molecule has 0 aliphatic carbocycles. The average Bonchev–Trinajstić information content (AvgIpc) is 2.94. The van der Waals surface area contributed by atoms with Crippen LogP contribution in [0, 0.1) is 0 Å². The fourth-order valence-corrected chi connectivity index (χ4v) is 2.13. The summed E-state index contributed by atoms with van der Waals surface area (Å²) in [5.74, 6) is 0. The summed E-state index contributed by atoms with van der Waals surface area (Å²) in [6.07, 6.45) is 1.97. The lowest BCUT2D eigenvalue weighted by atomic mass is 10.0. The standard InChI is InChI=1S/C15H13N.2CH5N/c1-2-6-12(7-3-1)10-14-11-13-8-4-5-9-15(13)16-14;2*1-2/h1-9H,10-11H2;2*2H2,1H3. The van der Waals surface area contributed by atoms with Gasteiger partial charge in [-0.15, -0.1) is 0 Å². The van der Waals surface area contributed by atoms with Crippen molar-refractivity contribution in [2.45, 2.75) is 12.8 Å². The predicted octanol–water partition coefficient (Wildman–Crippen LogP) is 2.71. The Labute approximate surface area is 121 Å². The molecule has 0 atom stereocenters. The quantitative estimate of drug-likeness (QED) is 0.880. The van der Waals surface area contributed by atoms with E-state index >= 15 is 0 Å². The summed E-state index contributed by atoms with van der Waals surface area (Å²) in [6.45, 7) is 0. The number of para-hydroxylation sites is 1. The van der Waals surface area contributed by atoms with Crippen LogP contribution in [0.2, 0.25) is 0 Å². The second-order valence-corrected chi connectivity index (χ2v) is 4.15. The van der Waals surface area contributed by atoms with Gasteiger partial charge in [0.15, 0.2) is 0 Å². The predicted molar refractivity (Wildman–Crippen MR) is 87.6 cm³/mol. The van der Waals surface area contributed by atoms with Gasteiger partial charge in [-0.05, 0) is 31.3 Å². The molecule has 106 valence electrons. The van der Waals surface area contributed by atoms with E-state index in [2.05, 4.69) is 65.0 Å². The molecule has 1 heterocycles. The maximum atomic E-state index is 4.66. The molecule has 4 N–H and O–H groups in total. The molecule has 0 unspecified atom stereocenters. The minimum absolute atomic E-state index is 0.968. The molecule has 3 heteroatoms. The van der Waals surface area contributed by atoms with Crippen molar-refractivity contribution in [1.29, 1.82) is 0 Å². The lowest BCUT2D eigenvalue weighted by molar-refractivity contribution is 1.26. The zero-order valence-electron chi connectivity index (χ0n) is 12.2. The minimum atomic E-state index is 0.968. The van der Waals surface area contributed by atoms with E-state index in [1.807, 2.05) is 6.07 Å². The molecule has 0 saturated heterocycles. The first-order chi connectivity index (χ1) is 9.92. The zero-order valence-corrected chi connectivity index (χ0v) is 12.2.